The first kappa shape index (κ1) is 24.0. The van der Waals surface area contributed by atoms with Crippen LogP contribution in [0.3, 0.4) is 0 Å². The molecule has 5 rings (SSSR count). The number of aromatic nitrogens is 4. The second-order valence-electron chi connectivity index (χ2n) is 10.3. The van der Waals surface area contributed by atoms with Gasteiger partial charge in [-0.3, -0.25) is 18.8 Å². The van der Waals surface area contributed by atoms with Gasteiger partial charge in [0.1, 0.15) is 5.52 Å². The molecule has 0 radical (unpaired) electrons. The number of hydrogen-bond acceptors (Lipinski definition) is 6. The van der Waals surface area contributed by atoms with Crippen molar-refractivity contribution >= 4 is 23.0 Å². The van der Waals surface area contributed by atoms with Crippen LogP contribution in [0.1, 0.15) is 38.2 Å². The topological polar surface area (TPSA) is 143 Å². The summed E-state index contributed by atoms with van der Waals surface area (Å²) in [5.74, 6) is 0.164. The number of benzene rings is 1. The molecule has 11 heteroatoms. The fraction of sp³-hybridized carbons (Fsp3) is 0.480. The summed E-state index contributed by atoms with van der Waals surface area (Å²) < 4.78 is 3.00. The summed E-state index contributed by atoms with van der Waals surface area (Å²) in [5.41, 5.74) is 1.28. The van der Waals surface area contributed by atoms with Gasteiger partial charge in [0.2, 0.25) is 5.91 Å². The molecule has 2 aliphatic rings. The molecule has 2 aromatic heterocycles. The fourth-order valence-corrected chi connectivity index (χ4v) is 4.87. The van der Waals surface area contributed by atoms with Crippen molar-refractivity contribution in [3.05, 3.63) is 46.5 Å². The maximum absolute atomic E-state index is 13.3. The second-order valence-corrected chi connectivity index (χ2v) is 10.3. The summed E-state index contributed by atoms with van der Waals surface area (Å²) in [6.45, 7) is 3.22. The van der Waals surface area contributed by atoms with E-state index < -0.39 is 11.7 Å². The number of carbonyl (C=O) groups is 2. The lowest BCUT2D eigenvalue weighted by Gasteiger charge is -2.39. The molecule has 1 saturated carbocycles. The van der Waals surface area contributed by atoms with E-state index in [1.807, 2.05) is 36.1 Å². The molecular weight excluding hydrogens is 464 g/mol. The molecule has 2 amide bonds. The second kappa shape index (κ2) is 8.74. The summed E-state index contributed by atoms with van der Waals surface area (Å²) >= 11 is 0. The Morgan fingerprint density at radius 2 is 1.75 bits per heavy atom. The molecule has 190 valence electrons. The van der Waals surface area contributed by atoms with Crippen molar-refractivity contribution < 1.29 is 19.8 Å². The number of amides is 2. The van der Waals surface area contributed by atoms with Crippen LogP contribution in [-0.2, 0) is 24.9 Å². The maximum atomic E-state index is 13.3. The van der Waals surface area contributed by atoms with Gasteiger partial charge in [-0.25, -0.2) is 9.78 Å². The van der Waals surface area contributed by atoms with Crippen molar-refractivity contribution in [1.29, 1.82) is 0 Å². The minimum absolute atomic E-state index is 0.0885. The molecule has 1 aliphatic carbocycles. The molecule has 36 heavy (non-hydrogen) atoms. The van der Waals surface area contributed by atoms with Gasteiger partial charge in [0, 0.05) is 37.7 Å². The fourth-order valence-electron chi connectivity index (χ4n) is 4.87. The SMILES string of the molecule is Cn1nc2c(=O)n(CC3(O)CCN(C(=O)C4(C)CC4)CC3)cnc2c1-c1ccc(CNC(=O)O)cc1. The zero-order valence-electron chi connectivity index (χ0n) is 20.4. The molecule has 0 spiro atoms. The number of fused-ring (bicyclic) bond motifs is 1. The van der Waals surface area contributed by atoms with Crippen molar-refractivity contribution in [2.24, 2.45) is 12.5 Å². The highest BCUT2D eigenvalue weighted by atomic mass is 16.4. The van der Waals surface area contributed by atoms with Crippen LogP contribution in [0.15, 0.2) is 35.4 Å². The molecule has 3 heterocycles. The Hall–Kier alpha value is -3.73. The zero-order valence-corrected chi connectivity index (χ0v) is 20.4. The summed E-state index contributed by atoms with van der Waals surface area (Å²) in [5, 5.41) is 26.7. The number of hydrogen-bond donors (Lipinski definition) is 3. The normalized spacial score (nSPS) is 18.2. The Bertz CT molecular complexity index is 1380. The largest absolute Gasteiger partial charge is 0.465 e. The van der Waals surface area contributed by atoms with Crippen LogP contribution < -0.4 is 10.9 Å². The van der Waals surface area contributed by atoms with Crippen LogP contribution in [0.4, 0.5) is 4.79 Å². The van der Waals surface area contributed by atoms with Crippen LogP contribution in [0, 0.1) is 5.41 Å². The Labute approximate surface area is 207 Å². The molecule has 3 N–H and O–H groups in total. The summed E-state index contributed by atoms with van der Waals surface area (Å²) in [6, 6.07) is 7.29. The van der Waals surface area contributed by atoms with Crippen molar-refractivity contribution in [3.63, 3.8) is 0 Å². The summed E-state index contributed by atoms with van der Waals surface area (Å²) in [7, 11) is 1.74. The monoisotopic (exact) mass is 494 g/mol. The summed E-state index contributed by atoms with van der Waals surface area (Å²) in [6.07, 6.45) is 3.00. The first-order valence-corrected chi connectivity index (χ1v) is 12.1. The molecule has 2 fully saturated rings. The highest BCUT2D eigenvalue weighted by Gasteiger charge is 2.48. The zero-order chi connectivity index (χ0) is 25.7. The third kappa shape index (κ3) is 4.46. The van der Waals surface area contributed by atoms with Gasteiger partial charge in [-0.05, 0) is 31.2 Å². The third-order valence-electron chi connectivity index (χ3n) is 7.45. The van der Waals surface area contributed by atoms with E-state index in [1.165, 1.54) is 10.9 Å². The van der Waals surface area contributed by atoms with Gasteiger partial charge in [0.25, 0.3) is 5.56 Å². The first-order chi connectivity index (χ1) is 17.1. The van der Waals surface area contributed by atoms with Crippen LogP contribution in [-0.4, -0.2) is 65.1 Å². The minimum Gasteiger partial charge on any atom is -0.465 e. The predicted octanol–water partition coefficient (Wildman–Crippen LogP) is 1.72. The highest BCUT2D eigenvalue weighted by molar-refractivity contribution is 5.89. The van der Waals surface area contributed by atoms with Crippen molar-refractivity contribution in [1.82, 2.24) is 29.5 Å². The van der Waals surface area contributed by atoms with Gasteiger partial charge in [0.05, 0.1) is 24.2 Å². The summed E-state index contributed by atoms with van der Waals surface area (Å²) in [4.78, 5) is 42.9. The average Bonchev–Trinajstić information content (AvgIpc) is 3.51. The molecular formula is C25H30N6O5. The number of rotatable bonds is 6. The van der Waals surface area contributed by atoms with E-state index in [4.69, 9.17) is 5.11 Å². The lowest BCUT2D eigenvalue weighted by Crippen LogP contribution is -2.51. The molecule has 3 aromatic rings. The van der Waals surface area contributed by atoms with E-state index in [-0.39, 0.29) is 35.5 Å². The van der Waals surface area contributed by atoms with Gasteiger partial charge in [-0.1, -0.05) is 31.2 Å². The van der Waals surface area contributed by atoms with Crippen LogP contribution in [0.25, 0.3) is 22.3 Å². The minimum atomic E-state index is -1.10. The Morgan fingerprint density at radius 1 is 1.08 bits per heavy atom. The molecule has 11 nitrogen and oxygen atoms in total. The number of aryl methyl sites for hydroxylation is 1. The molecule has 0 bridgehead atoms. The molecule has 1 aliphatic heterocycles. The van der Waals surface area contributed by atoms with Gasteiger partial charge in [-0.15, -0.1) is 0 Å². The third-order valence-corrected chi connectivity index (χ3v) is 7.45. The average molecular weight is 495 g/mol. The standard InChI is InChI=1S/C25H30N6O5/c1-24(7-8-24)22(33)30-11-9-25(36,10-12-30)14-31-15-27-18-19(21(31)32)28-29(2)20(18)17-5-3-16(4-6-17)13-26-23(34)35/h3-6,15,26,36H,7-14H2,1-2H3,(H,34,35). The van der Waals surface area contributed by atoms with Crippen LogP contribution in [0.2, 0.25) is 0 Å². The van der Waals surface area contributed by atoms with Crippen molar-refractivity contribution in [2.75, 3.05) is 13.1 Å². The van der Waals surface area contributed by atoms with Gasteiger partial charge in [0.15, 0.2) is 5.52 Å². The number of nitrogens with one attached hydrogen (secondary N) is 1. The number of carboxylic acid groups (broad SMARTS) is 1. The predicted molar refractivity (Wildman–Crippen MR) is 131 cm³/mol. The van der Waals surface area contributed by atoms with E-state index >= 15 is 0 Å². The Kier molecular flexibility index (Phi) is 5.82. The van der Waals surface area contributed by atoms with E-state index in [1.54, 1.807) is 11.7 Å². The van der Waals surface area contributed by atoms with E-state index in [0.717, 1.165) is 24.0 Å². The molecule has 1 saturated heterocycles. The smallest absolute Gasteiger partial charge is 0.404 e. The van der Waals surface area contributed by atoms with Crippen LogP contribution >= 0.6 is 0 Å². The maximum Gasteiger partial charge on any atom is 0.404 e. The number of carbonyl (C=O) groups excluding carboxylic acids is 1. The lowest BCUT2D eigenvalue weighted by atomic mass is 9.90. The van der Waals surface area contributed by atoms with Crippen molar-refractivity contribution in [2.45, 2.75) is 51.3 Å². The van der Waals surface area contributed by atoms with Gasteiger partial charge in [-0.2, -0.15) is 5.10 Å². The first-order valence-electron chi connectivity index (χ1n) is 12.1. The van der Waals surface area contributed by atoms with Crippen molar-refractivity contribution in [3.8, 4) is 11.3 Å². The highest BCUT2D eigenvalue weighted by Crippen LogP contribution is 2.47. The van der Waals surface area contributed by atoms with E-state index in [9.17, 15) is 19.5 Å². The number of nitrogens with zero attached hydrogens (tertiary/aromatic N) is 5. The number of aliphatic hydroxyl groups is 1. The van der Waals surface area contributed by atoms with E-state index in [0.29, 0.717) is 37.1 Å². The van der Waals surface area contributed by atoms with Gasteiger partial charge >= 0.3 is 6.09 Å². The quantitative estimate of drug-likeness (QED) is 0.473. The molecule has 0 atom stereocenters. The Morgan fingerprint density at radius 3 is 2.36 bits per heavy atom. The number of likely N-dealkylation sites (tertiary alicyclic amines) is 1. The number of piperidine rings is 1. The van der Waals surface area contributed by atoms with E-state index in [2.05, 4.69) is 15.4 Å². The van der Waals surface area contributed by atoms with Gasteiger partial charge < -0.3 is 20.4 Å². The molecule has 0 unspecified atom stereocenters. The molecule has 1 aromatic carbocycles. The van der Waals surface area contributed by atoms with Crippen LogP contribution in [0.5, 0.6) is 0 Å². The Balaban J connectivity index is 1.34. The lowest BCUT2D eigenvalue weighted by molar-refractivity contribution is -0.141.